The molecule has 0 amide bonds. The molecule has 0 heterocycles. The third-order valence-corrected chi connectivity index (χ3v) is 0.591. The first-order valence-electron chi connectivity index (χ1n) is 1.95. The molecule has 0 bridgehead atoms. The lowest BCUT2D eigenvalue weighted by atomic mass is 10.3. The fourth-order valence-corrected chi connectivity index (χ4v) is 0. The van der Waals surface area contributed by atoms with Crippen molar-refractivity contribution in [1.82, 2.24) is 0 Å². The van der Waals surface area contributed by atoms with Crippen LogP contribution in [0.25, 0.3) is 0 Å². The molecule has 1 atom stereocenters. The molecule has 0 aliphatic carbocycles. The second-order valence-electron chi connectivity index (χ2n) is 1.26. The van der Waals surface area contributed by atoms with Crippen LogP contribution in [0, 0.1) is 0 Å². The normalized spacial score (nSPS) is 12.5. The van der Waals surface area contributed by atoms with E-state index in [0.29, 0.717) is 0 Å². The smallest absolute Gasteiger partial charge is 0.0509 e. The standard InChI is InChI=1S/C4H10O.CH4/c1-3-4(2)5;/h4-5H,3H2,1-2H3;1H4. The van der Waals surface area contributed by atoms with E-state index < -0.39 is 0 Å². The maximum absolute atomic E-state index is 8.36. The van der Waals surface area contributed by atoms with Gasteiger partial charge in [-0.3, -0.25) is 0 Å². The molecule has 40 valence electrons. The Labute approximate surface area is 40.0 Å². The fraction of sp³-hybridized carbons (Fsp3) is 1.00. The first kappa shape index (κ1) is 9.35. The molecule has 0 aliphatic heterocycles. The molecule has 0 radical (unpaired) electrons. The Hall–Kier alpha value is -0.0400. The van der Waals surface area contributed by atoms with E-state index >= 15 is 0 Å². The quantitative estimate of drug-likeness (QED) is 0.516. The third-order valence-electron chi connectivity index (χ3n) is 0.591. The summed E-state index contributed by atoms with van der Waals surface area (Å²) in [4.78, 5) is 0. The van der Waals surface area contributed by atoms with E-state index in [1.54, 1.807) is 6.92 Å². The summed E-state index contributed by atoms with van der Waals surface area (Å²) in [7, 11) is 0. The molecule has 1 nitrogen and oxygen atoms in total. The minimum atomic E-state index is -0.116. The number of rotatable bonds is 1. The zero-order chi connectivity index (χ0) is 4.28. The van der Waals surface area contributed by atoms with Crippen LogP contribution in [-0.4, -0.2) is 11.2 Å². The van der Waals surface area contributed by atoms with Gasteiger partial charge in [-0.25, -0.2) is 0 Å². The van der Waals surface area contributed by atoms with Gasteiger partial charge in [0.1, 0.15) is 0 Å². The summed E-state index contributed by atoms with van der Waals surface area (Å²) in [6.07, 6.45) is 0.745. The summed E-state index contributed by atoms with van der Waals surface area (Å²) >= 11 is 0. The van der Waals surface area contributed by atoms with Gasteiger partial charge in [0.2, 0.25) is 0 Å². The van der Waals surface area contributed by atoms with Crippen LogP contribution >= 0.6 is 0 Å². The maximum atomic E-state index is 8.36. The first-order chi connectivity index (χ1) is 2.27. The third kappa shape index (κ3) is 9.03. The molecule has 0 fully saturated rings. The maximum Gasteiger partial charge on any atom is 0.0509 e. The SMILES string of the molecule is C.CCC(C)O. The molecule has 0 aromatic heterocycles. The van der Waals surface area contributed by atoms with Crippen molar-refractivity contribution in [3.8, 4) is 0 Å². The minimum absolute atomic E-state index is 0. The molecular weight excluding hydrogens is 76.1 g/mol. The van der Waals surface area contributed by atoms with Crippen molar-refractivity contribution in [2.45, 2.75) is 33.8 Å². The molecule has 0 saturated carbocycles. The summed E-state index contributed by atoms with van der Waals surface area (Å²) in [5.41, 5.74) is 0. The summed E-state index contributed by atoms with van der Waals surface area (Å²) in [6.45, 7) is 3.73. The average molecular weight is 90.2 g/mol. The molecule has 1 unspecified atom stereocenters. The fourth-order valence-electron chi connectivity index (χ4n) is 0. The van der Waals surface area contributed by atoms with Gasteiger partial charge in [0.15, 0.2) is 0 Å². The lowest BCUT2D eigenvalue weighted by molar-refractivity contribution is 0.191. The Morgan fingerprint density at radius 2 is 1.83 bits per heavy atom. The molecule has 1 N–H and O–H groups in total. The highest BCUT2D eigenvalue weighted by Gasteiger charge is 1.81. The Morgan fingerprint density at radius 1 is 1.67 bits per heavy atom. The molecule has 0 rings (SSSR count). The lowest BCUT2D eigenvalue weighted by Crippen LogP contribution is -1.93. The van der Waals surface area contributed by atoms with Gasteiger partial charge in [0, 0.05) is 0 Å². The van der Waals surface area contributed by atoms with Gasteiger partial charge in [-0.15, -0.1) is 0 Å². The Balaban J connectivity index is 0. The highest BCUT2D eigenvalue weighted by molar-refractivity contribution is 4.34. The van der Waals surface area contributed by atoms with Gasteiger partial charge >= 0.3 is 0 Å². The summed E-state index contributed by atoms with van der Waals surface area (Å²) in [5, 5.41) is 8.36. The predicted octanol–water partition coefficient (Wildman–Crippen LogP) is 1.41. The van der Waals surface area contributed by atoms with Crippen LogP contribution in [-0.2, 0) is 0 Å². The van der Waals surface area contributed by atoms with Crippen LogP contribution in [0.2, 0.25) is 0 Å². The van der Waals surface area contributed by atoms with Gasteiger partial charge in [-0.05, 0) is 13.3 Å². The van der Waals surface area contributed by atoms with E-state index in [-0.39, 0.29) is 13.5 Å². The summed E-state index contributed by atoms with van der Waals surface area (Å²) < 4.78 is 0. The lowest BCUT2D eigenvalue weighted by Gasteiger charge is -1.90. The zero-order valence-corrected chi connectivity index (χ0v) is 3.73. The van der Waals surface area contributed by atoms with Crippen LogP contribution in [0.15, 0.2) is 0 Å². The average Bonchev–Trinajstić information content (AvgIpc) is 1.38. The van der Waals surface area contributed by atoms with Crippen LogP contribution in [0.5, 0.6) is 0 Å². The number of hydrogen-bond donors (Lipinski definition) is 1. The van der Waals surface area contributed by atoms with Gasteiger partial charge in [-0.2, -0.15) is 0 Å². The number of hydrogen-bond acceptors (Lipinski definition) is 1. The van der Waals surface area contributed by atoms with E-state index in [1.807, 2.05) is 6.92 Å². The van der Waals surface area contributed by atoms with Crippen molar-refractivity contribution < 1.29 is 5.11 Å². The highest BCUT2D eigenvalue weighted by atomic mass is 16.3. The molecule has 0 aromatic carbocycles. The van der Waals surface area contributed by atoms with Gasteiger partial charge in [-0.1, -0.05) is 14.4 Å². The molecule has 0 aliphatic rings. The second-order valence-corrected chi connectivity index (χ2v) is 1.26. The zero-order valence-electron chi connectivity index (χ0n) is 3.73. The monoisotopic (exact) mass is 90.1 g/mol. The van der Waals surface area contributed by atoms with Gasteiger partial charge < -0.3 is 5.11 Å². The summed E-state index contributed by atoms with van der Waals surface area (Å²) in [5.74, 6) is 0. The van der Waals surface area contributed by atoms with E-state index in [1.165, 1.54) is 0 Å². The van der Waals surface area contributed by atoms with Gasteiger partial charge in [0.05, 0.1) is 6.10 Å². The van der Waals surface area contributed by atoms with Crippen molar-refractivity contribution in [2.24, 2.45) is 0 Å². The van der Waals surface area contributed by atoms with Crippen LogP contribution in [0.1, 0.15) is 27.7 Å². The Kier molecular flexibility index (Phi) is 7.73. The molecule has 0 saturated heterocycles. The van der Waals surface area contributed by atoms with Crippen molar-refractivity contribution >= 4 is 0 Å². The molecule has 0 spiro atoms. The van der Waals surface area contributed by atoms with Crippen LogP contribution in [0.3, 0.4) is 0 Å². The minimum Gasteiger partial charge on any atom is -0.393 e. The molecule has 1 heteroatoms. The van der Waals surface area contributed by atoms with Crippen molar-refractivity contribution in [3.63, 3.8) is 0 Å². The predicted molar refractivity (Wildman–Crippen MR) is 28.7 cm³/mol. The van der Waals surface area contributed by atoms with Crippen LogP contribution in [0.4, 0.5) is 0 Å². The molecule has 6 heavy (non-hydrogen) atoms. The van der Waals surface area contributed by atoms with Crippen molar-refractivity contribution in [3.05, 3.63) is 0 Å². The molecule has 0 aromatic rings. The first-order valence-corrected chi connectivity index (χ1v) is 1.95. The number of aliphatic hydroxyl groups excluding tert-OH is 1. The summed E-state index contributed by atoms with van der Waals surface area (Å²) in [6, 6.07) is 0. The Morgan fingerprint density at radius 3 is 1.83 bits per heavy atom. The van der Waals surface area contributed by atoms with Crippen molar-refractivity contribution in [2.75, 3.05) is 0 Å². The van der Waals surface area contributed by atoms with E-state index in [2.05, 4.69) is 0 Å². The van der Waals surface area contributed by atoms with E-state index in [9.17, 15) is 0 Å². The van der Waals surface area contributed by atoms with E-state index in [0.717, 1.165) is 6.42 Å². The second kappa shape index (κ2) is 4.96. The van der Waals surface area contributed by atoms with Crippen LogP contribution < -0.4 is 0 Å². The Bertz CT molecular complexity index is 17.9. The number of aliphatic hydroxyl groups is 1. The van der Waals surface area contributed by atoms with Gasteiger partial charge in [0.25, 0.3) is 0 Å². The largest absolute Gasteiger partial charge is 0.393 e. The highest BCUT2D eigenvalue weighted by Crippen LogP contribution is 1.81. The van der Waals surface area contributed by atoms with Crippen molar-refractivity contribution in [1.29, 1.82) is 0 Å². The topological polar surface area (TPSA) is 20.2 Å². The molecular formula is C5H14O. The van der Waals surface area contributed by atoms with E-state index in [4.69, 9.17) is 5.11 Å².